The topological polar surface area (TPSA) is 98.2 Å². The molecule has 1 rings (SSSR count). The summed E-state index contributed by atoms with van der Waals surface area (Å²) in [6, 6.07) is 4.48. The molecule has 0 aliphatic carbocycles. The molecule has 94 valence electrons. The zero-order valence-electron chi connectivity index (χ0n) is 9.68. The molecule has 5 nitrogen and oxygen atoms in total. The van der Waals surface area contributed by atoms with Crippen LogP contribution < -0.4 is 16.2 Å². The number of primary sulfonamides is 1. The summed E-state index contributed by atoms with van der Waals surface area (Å²) in [5.41, 5.74) is 6.63. The van der Waals surface area contributed by atoms with Crippen LogP contribution in [-0.4, -0.2) is 15.0 Å². The number of sulfonamides is 1. The molecule has 0 atom stereocenters. The quantitative estimate of drug-likeness (QED) is 0.419. The SMILES string of the molecule is C/C=C/CCNc1cc(N)cc(S(N)(=O)=O)c1. The first-order valence-corrected chi connectivity index (χ1v) is 6.76. The molecule has 5 N–H and O–H groups in total. The fourth-order valence-corrected chi connectivity index (χ4v) is 1.95. The molecular formula is C11H17N3O2S. The van der Waals surface area contributed by atoms with Crippen molar-refractivity contribution in [1.29, 1.82) is 0 Å². The third-order valence-electron chi connectivity index (χ3n) is 2.13. The van der Waals surface area contributed by atoms with E-state index in [1.54, 1.807) is 6.07 Å². The van der Waals surface area contributed by atoms with E-state index in [4.69, 9.17) is 10.9 Å². The molecule has 0 saturated carbocycles. The van der Waals surface area contributed by atoms with Crippen molar-refractivity contribution >= 4 is 21.4 Å². The fourth-order valence-electron chi connectivity index (χ4n) is 1.35. The fraction of sp³-hybridized carbons (Fsp3) is 0.273. The summed E-state index contributed by atoms with van der Waals surface area (Å²) in [5, 5.41) is 8.13. The second kappa shape index (κ2) is 5.70. The van der Waals surface area contributed by atoms with Crippen molar-refractivity contribution in [2.45, 2.75) is 18.2 Å². The number of nitrogen functional groups attached to an aromatic ring is 1. The molecule has 0 amide bonds. The molecule has 0 unspecified atom stereocenters. The Bertz CT molecular complexity index is 509. The number of hydrogen-bond donors (Lipinski definition) is 3. The monoisotopic (exact) mass is 255 g/mol. The number of nitrogens with one attached hydrogen (secondary N) is 1. The first kappa shape index (κ1) is 13.5. The summed E-state index contributed by atoms with van der Waals surface area (Å²) < 4.78 is 22.4. The van der Waals surface area contributed by atoms with E-state index in [0.29, 0.717) is 17.9 Å². The number of rotatable bonds is 5. The minimum absolute atomic E-state index is 0.0195. The van der Waals surface area contributed by atoms with Gasteiger partial charge in [0.1, 0.15) is 0 Å². The highest BCUT2D eigenvalue weighted by Gasteiger charge is 2.09. The lowest BCUT2D eigenvalue weighted by Gasteiger charge is -2.08. The number of hydrogen-bond acceptors (Lipinski definition) is 4. The second-order valence-corrected chi connectivity index (χ2v) is 5.18. The zero-order chi connectivity index (χ0) is 12.9. The smallest absolute Gasteiger partial charge is 0.238 e. The first-order chi connectivity index (χ1) is 7.93. The van der Waals surface area contributed by atoms with Crippen LogP contribution in [0.1, 0.15) is 13.3 Å². The Morgan fingerprint density at radius 2 is 2.06 bits per heavy atom. The second-order valence-electron chi connectivity index (χ2n) is 3.62. The van der Waals surface area contributed by atoms with Gasteiger partial charge >= 0.3 is 0 Å². The largest absolute Gasteiger partial charge is 0.399 e. The van der Waals surface area contributed by atoms with E-state index in [0.717, 1.165) is 6.42 Å². The molecule has 0 aliphatic rings. The van der Waals surface area contributed by atoms with Crippen molar-refractivity contribution in [1.82, 2.24) is 0 Å². The van der Waals surface area contributed by atoms with E-state index in [-0.39, 0.29) is 4.90 Å². The van der Waals surface area contributed by atoms with Crippen molar-refractivity contribution in [3.05, 3.63) is 30.4 Å². The van der Waals surface area contributed by atoms with Crippen LogP contribution in [0.5, 0.6) is 0 Å². The third kappa shape index (κ3) is 4.46. The van der Waals surface area contributed by atoms with Crippen LogP contribution in [0.4, 0.5) is 11.4 Å². The summed E-state index contributed by atoms with van der Waals surface area (Å²) in [7, 11) is -3.72. The Labute approximate surface area is 102 Å². The molecule has 0 aliphatic heterocycles. The van der Waals surface area contributed by atoms with Gasteiger partial charge in [0.2, 0.25) is 10.0 Å². The maximum Gasteiger partial charge on any atom is 0.238 e. The number of anilines is 2. The summed E-state index contributed by atoms with van der Waals surface area (Å²) in [6.07, 6.45) is 4.83. The summed E-state index contributed by atoms with van der Waals surface area (Å²) >= 11 is 0. The summed E-state index contributed by atoms with van der Waals surface area (Å²) in [6.45, 7) is 2.65. The van der Waals surface area contributed by atoms with E-state index in [9.17, 15) is 8.42 Å². The normalized spacial score (nSPS) is 11.9. The van der Waals surface area contributed by atoms with E-state index in [1.165, 1.54) is 12.1 Å². The zero-order valence-corrected chi connectivity index (χ0v) is 10.5. The summed E-state index contributed by atoms with van der Waals surface area (Å²) in [4.78, 5) is 0.0195. The molecule has 0 bridgehead atoms. The van der Waals surface area contributed by atoms with Crippen molar-refractivity contribution in [3.8, 4) is 0 Å². The molecule has 0 heterocycles. The molecule has 17 heavy (non-hydrogen) atoms. The third-order valence-corrected chi connectivity index (χ3v) is 3.03. The lowest BCUT2D eigenvalue weighted by molar-refractivity contribution is 0.598. The first-order valence-electron chi connectivity index (χ1n) is 5.22. The Hall–Kier alpha value is -1.53. The molecular weight excluding hydrogens is 238 g/mol. The Morgan fingerprint density at radius 1 is 1.35 bits per heavy atom. The van der Waals surface area contributed by atoms with Crippen molar-refractivity contribution < 1.29 is 8.42 Å². The van der Waals surface area contributed by atoms with Gasteiger partial charge in [0.25, 0.3) is 0 Å². The van der Waals surface area contributed by atoms with E-state index >= 15 is 0 Å². The highest BCUT2D eigenvalue weighted by atomic mass is 32.2. The van der Waals surface area contributed by atoms with Gasteiger partial charge in [-0.2, -0.15) is 0 Å². The lowest BCUT2D eigenvalue weighted by Crippen LogP contribution is -2.13. The molecule has 0 saturated heterocycles. The predicted octanol–water partition coefficient (Wildman–Crippen LogP) is 1.29. The van der Waals surface area contributed by atoms with E-state index in [2.05, 4.69) is 5.32 Å². The highest BCUT2D eigenvalue weighted by Crippen LogP contribution is 2.19. The maximum absolute atomic E-state index is 11.2. The van der Waals surface area contributed by atoms with Gasteiger partial charge in [-0.25, -0.2) is 13.6 Å². The number of nitrogens with two attached hydrogens (primary N) is 2. The summed E-state index contributed by atoms with van der Waals surface area (Å²) in [5.74, 6) is 0. The van der Waals surface area contributed by atoms with E-state index < -0.39 is 10.0 Å². The molecule has 0 fully saturated rings. The standard InChI is InChI=1S/C11H17N3O2S/c1-2-3-4-5-14-10-6-9(12)7-11(8-10)17(13,15)16/h2-3,6-8,14H,4-5,12H2,1H3,(H2,13,15,16)/b3-2+. The highest BCUT2D eigenvalue weighted by molar-refractivity contribution is 7.89. The Kier molecular flexibility index (Phi) is 4.53. The molecule has 1 aromatic rings. The molecule has 1 aromatic carbocycles. The van der Waals surface area contributed by atoms with Crippen molar-refractivity contribution in [3.63, 3.8) is 0 Å². The van der Waals surface area contributed by atoms with E-state index in [1.807, 2.05) is 19.1 Å². The van der Waals surface area contributed by atoms with Crippen LogP contribution >= 0.6 is 0 Å². The van der Waals surface area contributed by atoms with Crippen LogP contribution in [0.3, 0.4) is 0 Å². The van der Waals surface area contributed by atoms with Gasteiger partial charge in [0.15, 0.2) is 0 Å². The van der Waals surface area contributed by atoms with Gasteiger partial charge in [-0.3, -0.25) is 0 Å². The van der Waals surface area contributed by atoms with Crippen molar-refractivity contribution in [2.75, 3.05) is 17.6 Å². The van der Waals surface area contributed by atoms with Crippen LogP contribution in [-0.2, 0) is 10.0 Å². The van der Waals surface area contributed by atoms with Gasteiger partial charge in [-0.1, -0.05) is 12.2 Å². The van der Waals surface area contributed by atoms with Gasteiger partial charge in [0.05, 0.1) is 4.90 Å². The predicted molar refractivity (Wildman–Crippen MR) is 70.1 cm³/mol. The molecule has 0 radical (unpaired) electrons. The Balaban J connectivity index is 2.83. The average Bonchev–Trinajstić information content (AvgIpc) is 2.22. The number of benzene rings is 1. The minimum atomic E-state index is -3.72. The average molecular weight is 255 g/mol. The van der Waals surface area contributed by atoms with Gasteiger partial charge in [0, 0.05) is 17.9 Å². The van der Waals surface area contributed by atoms with Crippen molar-refractivity contribution in [2.24, 2.45) is 5.14 Å². The molecule has 0 aromatic heterocycles. The van der Waals surface area contributed by atoms with Gasteiger partial charge in [-0.15, -0.1) is 0 Å². The van der Waals surface area contributed by atoms with Crippen LogP contribution in [0.25, 0.3) is 0 Å². The lowest BCUT2D eigenvalue weighted by atomic mass is 10.2. The minimum Gasteiger partial charge on any atom is -0.399 e. The maximum atomic E-state index is 11.2. The molecule has 6 heteroatoms. The van der Waals surface area contributed by atoms with Gasteiger partial charge < -0.3 is 11.1 Å². The molecule has 0 spiro atoms. The Morgan fingerprint density at radius 3 is 2.65 bits per heavy atom. The van der Waals surface area contributed by atoms with Gasteiger partial charge in [-0.05, 0) is 31.5 Å². The van der Waals surface area contributed by atoms with Crippen LogP contribution in [0, 0.1) is 0 Å². The van der Waals surface area contributed by atoms with Crippen LogP contribution in [0.15, 0.2) is 35.2 Å². The van der Waals surface area contributed by atoms with Crippen LogP contribution in [0.2, 0.25) is 0 Å². The number of allylic oxidation sites excluding steroid dienone is 1.